The van der Waals surface area contributed by atoms with E-state index in [1.54, 1.807) is 0 Å². The van der Waals surface area contributed by atoms with Crippen LogP contribution in [0, 0.1) is 12.8 Å². The second kappa shape index (κ2) is 5.88. The minimum atomic E-state index is 0.546. The van der Waals surface area contributed by atoms with Crippen LogP contribution in [0.25, 0.3) is 0 Å². The Bertz CT molecular complexity index is 477. The van der Waals surface area contributed by atoms with Crippen LogP contribution < -0.4 is 5.32 Å². The molecule has 0 aromatic carbocycles. The second-order valence-corrected chi connectivity index (χ2v) is 6.75. The van der Waals surface area contributed by atoms with E-state index in [0.717, 1.165) is 23.1 Å². The molecule has 1 heterocycles. The maximum Gasteiger partial charge on any atom is 0.137 e. The number of halogens is 1. The molecule has 2 aliphatic carbocycles. The molecule has 0 radical (unpaired) electrons. The Labute approximate surface area is 126 Å². The van der Waals surface area contributed by atoms with Gasteiger partial charge in [0.15, 0.2) is 0 Å². The summed E-state index contributed by atoms with van der Waals surface area (Å²) in [6.45, 7) is 4.31. The van der Waals surface area contributed by atoms with Crippen molar-refractivity contribution in [2.24, 2.45) is 5.92 Å². The van der Waals surface area contributed by atoms with Gasteiger partial charge < -0.3 is 5.32 Å². The van der Waals surface area contributed by atoms with Gasteiger partial charge in [-0.25, -0.2) is 9.97 Å². The van der Waals surface area contributed by atoms with Crippen LogP contribution in [0.5, 0.6) is 0 Å². The van der Waals surface area contributed by atoms with Gasteiger partial charge in [-0.2, -0.15) is 0 Å². The Morgan fingerprint density at radius 3 is 2.40 bits per heavy atom. The molecule has 3 rings (SSSR count). The molecule has 0 aliphatic heterocycles. The first-order valence-corrected chi connectivity index (χ1v) is 8.35. The van der Waals surface area contributed by atoms with Crippen molar-refractivity contribution < 1.29 is 0 Å². The third kappa shape index (κ3) is 3.08. The topological polar surface area (TPSA) is 37.8 Å². The van der Waals surface area contributed by atoms with E-state index >= 15 is 0 Å². The van der Waals surface area contributed by atoms with E-state index in [1.165, 1.54) is 44.9 Å². The molecular weight excluding hydrogens is 270 g/mol. The first-order chi connectivity index (χ1) is 9.67. The van der Waals surface area contributed by atoms with Crippen molar-refractivity contribution in [2.75, 3.05) is 5.32 Å². The molecule has 2 fully saturated rings. The molecule has 20 heavy (non-hydrogen) atoms. The van der Waals surface area contributed by atoms with Crippen molar-refractivity contribution in [3.8, 4) is 0 Å². The van der Waals surface area contributed by atoms with Crippen LogP contribution in [0.3, 0.4) is 0 Å². The molecule has 1 N–H and O–H groups in total. The summed E-state index contributed by atoms with van der Waals surface area (Å²) in [4.78, 5) is 9.15. The molecule has 0 atom stereocenters. The summed E-state index contributed by atoms with van der Waals surface area (Å²) in [5.74, 6) is 3.37. The molecule has 4 heteroatoms. The third-order valence-corrected chi connectivity index (χ3v) is 5.18. The minimum Gasteiger partial charge on any atom is -0.367 e. The smallest absolute Gasteiger partial charge is 0.137 e. The average Bonchev–Trinajstić information content (AvgIpc) is 3.29. The second-order valence-electron chi connectivity index (χ2n) is 6.39. The summed E-state index contributed by atoms with van der Waals surface area (Å²) in [5.41, 5.74) is 0.994. The van der Waals surface area contributed by atoms with Crippen LogP contribution in [-0.2, 0) is 0 Å². The number of nitrogens with one attached hydrogen (secondary N) is 1. The quantitative estimate of drug-likeness (QED) is 0.818. The Hall–Kier alpha value is -0.830. The summed E-state index contributed by atoms with van der Waals surface area (Å²) < 4.78 is 0. The fourth-order valence-corrected chi connectivity index (χ4v) is 3.25. The summed E-state index contributed by atoms with van der Waals surface area (Å²) in [6, 6.07) is 0.550. The van der Waals surface area contributed by atoms with E-state index in [-0.39, 0.29) is 0 Å². The molecule has 2 aliphatic rings. The standard InChI is InChI=1S/C16H24ClN3/c1-3-11-4-8-13(9-5-11)18-15-10(2)14(17)19-16(20-15)12-6-7-12/h11-13H,3-9H2,1-2H3,(H,18,19,20). The highest BCUT2D eigenvalue weighted by atomic mass is 35.5. The molecule has 0 saturated heterocycles. The van der Waals surface area contributed by atoms with Crippen LogP contribution in [0.15, 0.2) is 0 Å². The number of aromatic nitrogens is 2. The van der Waals surface area contributed by atoms with Crippen LogP contribution in [0.1, 0.15) is 69.2 Å². The van der Waals surface area contributed by atoms with Gasteiger partial charge in [-0.1, -0.05) is 24.9 Å². The molecule has 0 amide bonds. The minimum absolute atomic E-state index is 0.546. The van der Waals surface area contributed by atoms with Crippen molar-refractivity contribution in [3.05, 3.63) is 16.5 Å². The molecule has 1 aromatic heterocycles. The molecule has 1 aromatic rings. The van der Waals surface area contributed by atoms with Crippen LogP contribution in [0.2, 0.25) is 5.15 Å². The van der Waals surface area contributed by atoms with E-state index in [2.05, 4.69) is 17.2 Å². The first kappa shape index (κ1) is 14.1. The van der Waals surface area contributed by atoms with Gasteiger partial charge in [-0.15, -0.1) is 0 Å². The molecule has 110 valence electrons. The number of hydrogen-bond acceptors (Lipinski definition) is 3. The van der Waals surface area contributed by atoms with E-state index in [4.69, 9.17) is 16.6 Å². The molecule has 0 unspecified atom stereocenters. The normalized spacial score (nSPS) is 26.6. The van der Waals surface area contributed by atoms with Crippen LogP contribution in [-0.4, -0.2) is 16.0 Å². The van der Waals surface area contributed by atoms with Crippen molar-refractivity contribution in [1.29, 1.82) is 0 Å². The SMILES string of the molecule is CCC1CCC(Nc2nc(C3CC3)nc(Cl)c2C)CC1. The van der Waals surface area contributed by atoms with Gasteiger partial charge in [-0.05, 0) is 51.4 Å². The highest BCUT2D eigenvalue weighted by Crippen LogP contribution is 2.39. The highest BCUT2D eigenvalue weighted by Gasteiger charge is 2.28. The van der Waals surface area contributed by atoms with Crippen molar-refractivity contribution >= 4 is 17.4 Å². The van der Waals surface area contributed by atoms with Gasteiger partial charge in [0.05, 0.1) is 0 Å². The molecule has 2 saturated carbocycles. The largest absolute Gasteiger partial charge is 0.367 e. The molecule has 3 nitrogen and oxygen atoms in total. The van der Waals surface area contributed by atoms with E-state index in [1.807, 2.05) is 6.92 Å². The Kier molecular flexibility index (Phi) is 4.16. The van der Waals surface area contributed by atoms with E-state index in [9.17, 15) is 0 Å². The zero-order valence-corrected chi connectivity index (χ0v) is 13.2. The third-order valence-electron chi connectivity index (χ3n) is 4.81. The lowest BCUT2D eigenvalue weighted by molar-refractivity contribution is 0.329. The van der Waals surface area contributed by atoms with Crippen molar-refractivity contribution in [1.82, 2.24) is 9.97 Å². The van der Waals surface area contributed by atoms with Gasteiger partial charge in [-0.3, -0.25) is 0 Å². The summed E-state index contributed by atoms with van der Waals surface area (Å²) in [5, 5.41) is 4.24. The fourth-order valence-electron chi connectivity index (χ4n) is 3.08. The van der Waals surface area contributed by atoms with Gasteiger partial charge in [0, 0.05) is 17.5 Å². The van der Waals surface area contributed by atoms with Gasteiger partial charge >= 0.3 is 0 Å². The Morgan fingerprint density at radius 1 is 1.10 bits per heavy atom. The van der Waals surface area contributed by atoms with E-state index < -0.39 is 0 Å². The van der Waals surface area contributed by atoms with Crippen LogP contribution >= 0.6 is 11.6 Å². The number of nitrogens with zero attached hydrogens (tertiary/aromatic N) is 2. The Morgan fingerprint density at radius 2 is 1.80 bits per heavy atom. The predicted octanol–water partition coefficient (Wildman–Crippen LogP) is 4.70. The average molecular weight is 294 g/mol. The van der Waals surface area contributed by atoms with Crippen molar-refractivity contribution in [2.45, 2.75) is 70.8 Å². The number of anilines is 1. The fraction of sp³-hybridized carbons (Fsp3) is 0.750. The van der Waals surface area contributed by atoms with Gasteiger partial charge in [0.2, 0.25) is 0 Å². The first-order valence-electron chi connectivity index (χ1n) is 7.98. The van der Waals surface area contributed by atoms with Crippen molar-refractivity contribution in [3.63, 3.8) is 0 Å². The summed E-state index contributed by atoms with van der Waals surface area (Å²) in [6.07, 6.45) is 8.90. The molecular formula is C16H24ClN3. The number of rotatable bonds is 4. The molecule has 0 bridgehead atoms. The monoisotopic (exact) mass is 293 g/mol. The zero-order valence-electron chi connectivity index (χ0n) is 12.5. The summed E-state index contributed by atoms with van der Waals surface area (Å²) >= 11 is 6.26. The maximum atomic E-state index is 6.26. The summed E-state index contributed by atoms with van der Waals surface area (Å²) in [7, 11) is 0. The van der Waals surface area contributed by atoms with E-state index in [0.29, 0.717) is 17.1 Å². The van der Waals surface area contributed by atoms with Crippen LogP contribution in [0.4, 0.5) is 5.82 Å². The predicted molar refractivity (Wildman–Crippen MR) is 83.4 cm³/mol. The number of hydrogen-bond donors (Lipinski definition) is 1. The van der Waals surface area contributed by atoms with Gasteiger partial charge in [0.1, 0.15) is 16.8 Å². The lowest BCUT2D eigenvalue weighted by Crippen LogP contribution is -2.27. The molecule has 0 spiro atoms. The van der Waals surface area contributed by atoms with Gasteiger partial charge in [0.25, 0.3) is 0 Å². The highest BCUT2D eigenvalue weighted by molar-refractivity contribution is 6.30. The lowest BCUT2D eigenvalue weighted by Gasteiger charge is -2.29. The zero-order chi connectivity index (χ0) is 14.1. The Balaban J connectivity index is 1.70. The maximum absolute atomic E-state index is 6.26. The lowest BCUT2D eigenvalue weighted by atomic mass is 9.84.